The summed E-state index contributed by atoms with van der Waals surface area (Å²) in [7, 11) is 3.55. The summed E-state index contributed by atoms with van der Waals surface area (Å²) in [4.78, 5) is 14.1. The molecule has 0 atom stereocenters. The van der Waals surface area contributed by atoms with E-state index in [1.54, 1.807) is 23.7 Å². The maximum Gasteiger partial charge on any atom is 0.249 e. The highest BCUT2D eigenvalue weighted by molar-refractivity contribution is 5.83. The van der Waals surface area contributed by atoms with Crippen LogP contribution in [0.2, 0.25) is 0 Å². The molecule has 4 nitrogen and oxygen atoms in total. The molecule has 1 aromatic heterocycles. The van der Waals surface area contributed by atoms with Gasteiger partial charge in [0.15, 0.2) is 0 Å². The molecule has 1 amide bonds. The van der Waals surface area contributed by atoms with Crippen LogP contribution in [0.5, 0.6) is 0 Å². The van der Waals surface area contributed by atoms with Crippen molar-refractivity contribution >= 4 is 5.91 Å². The molecule has 0 unspecified atom stereocenters. The zero-order valence-corrected chi connectivity index (χ0v) is 14.3. The van der Waals surface area contributed by atoms with Crippen molar-refractivity contribution in [3.05, 3.63) is 42.1 Å². The number of carbonyl (C=O) groups excluding carboxylic acids is 1. The lowest BCUT2D eigenvalue weighted by atomic mass is 9.99. The third-order valence-electron chi connectivity index (χ3n) is 3.91. The van der Waals surface area contributed by atoms with E-state index in [-0.39, 0.29) is 5.91 Å². The largest absolute Gasteiger partial charge is 0.347 e. The molecule has 4 heteroatoms. The lowest BCUT2D eigenvalue weighted by molar-refractivity contribution is -0.137. The Hall–Kier alpha value is -2.10. The SMILES string of the molecule is CC(C)c1cn(C(C)(C)C(=O)N(C)C)nc1-c1ccccc1. The van der Waals surface area contributed by atoms with Crippen LogP contribution in [0, 0.1) is 0 Å². The van der Waals surface area contributed by atoms with Crippen molar-refractivity contribution < 1.29 is 4.79 Å². The third-order valence-corrected chi connectivity index (χ3v) is 3.91. The van der Waals surface area contributed by atoms with Gasteiger partial charge in [0, 0.05) is 31.4 Å². The molecule has 0 aliphatic carbocycles. The summed E-state index contributed by atoms with van der Waals surface area (Å²) in [5, 5.41) is 4.75. The topological polar surface area (TPSA) is 38.1 Å². The highest BCUT2D eigenvalue weighted by Crippen LogP contribution is 2.30. The lowest BCUT2D eigenvalue weighted by Crippen LogP contribution is -2.44. The fourth-order valence-corrected chi connectivity index (χ4v) is 2.56. The molecule has 2 aromatic rings. The summed E-state index contributed by atoms with van der Waals surface area (Å²) >= 11 is 0. The number of nitrogens with zero attached hydrogens (tertiary/aromatic N) is 3. The molecule has 0 saturated carbocycles. The first-order valence-corrected chi connectivity index (χ1v) is 7.62. The number of hydrogen-bond acceptors (Lipinski definition) is 2. The van der Waals surface area contributed by atoms with E-state index in [0.717, 1.165) is 16.8 Å². The van der Waals surface area contributed by atoms with Gasteiger partial charge in [-0.1, -0.05) is 44.2 Å². The van der Waals surface area contributed by atoms with Gasteiger partial charge in [-0.2, -0.15) is 5.10 Å². The normalized spacial score (nSPS) is 11.8. The second-order valence-electron chi connectivity index (χ2n) is 6.66. The smallest absolute Gasteiger partial charge is 0.249 e. The van der Waals surface area contributed by atoms with Crippen LogP contribution < -0.4 is 0 Å². The minimum atomic E-state index is -0.708. The Morgan fingerprint density at radius 3 is 2.27 bits per heavy atom. The molecule has 0 bridgehead atoms. The quantitative estimate of drug-likeness (QED) is 0.866. The van der Waals surface area contributed by atoms with Crippen molar-refractivity contribution in [2.45, 2.75) is 39.2 Å². The van der Waals surface area contributed by atoms with Crippen LogP contribution in [0.15, 0.2) is 36.5 Å². The van der Waals surface area contributed by atoms with E-state index < -0.39 is 5.54 Å². The standard InChI is InChI=1S/C18H25N3O/c1-13(2)15-12-21(18(3,4)17(22)20(5)6)19-16(15)14-10-8-7-9-11-14/h7-13H,1-6H3. The van der Waals surface area contributed by atoms with Gasteiger partial charge in [0.1, 0.15) is 5.54 Å². The monoisotopic (exact) mass is 299 g/mol. The van der Waals surface area contributed by atoms with Crippen molar-refractivity contribution in [3.63, 3.8) is 0 Å². The van der Waals surface area contributed by atoms with Crippen LogP contribution in [0.25, 0.3) is 11.3 Å². The van der Waals surface area contributed by atoms with Gasteiger partial charge in [0.05, 0.1) is 5.69 Å². The Morgan fingerprint density at radius 2 is 1.77 bits per heavy atom. The number of likely N-dealkylation sites (N-methyl/N-ethyl adjacent to an activating group) is 1. The summed E-state index contributed by atoms with van der Waals surface area (Å²) in [5.41, 5.74) is 2.49. The first kappa shape index (κ1) is 16.3. The van der Waals surface area contributed by atoms with Gasteiger partial charge in [-0.05, 0) is 19.8 Å². The van der Waals surface area contributed by atoms with Gasteiger partial charge in [-0.15, -0.1) is 0 Å². The van der Waals surface area contributed by atoms with Crippen molar-refractivity contribution in [3.8, 4) is 11.3 Å². The van der Waals surface area contributed by atoms with Crippen LogP contribution in [0.3, 0.4) is 0 Å². The highest BCUT2D eigenvalue weighted by atomic mass is 16.2. The van der Waals surface area contributed by atoms with Crippen molar-refractivity contribution in [2.75, 3.05) is 14.1 Å². The lowest BCUT2D eigenvalue weighted by Gasteiger charge is -2.27. The van der Waals surface area contributed by atoms with Gasteiger partial charge in [0.25, 0.3) is 0 Å². The van der Waals surface area contributed by atoms with E-state index in [2.05, 4.69) is 26.0 Å². The van der Waals surface area contributed by atoms with Gasteiger partial charge in [-0.3, -0.25) is 9.48 Å². The predicted molar refractivity (Wildman–Crippen MR) is 89.8 cm³/mol. The fourth-order valence-electron chi connectivity index (χ4n) is 2.56. The first-order valence-electron chi connectivity index (χ1n) is 7.62. The van der Waals surface area contributed by atoms with Crippen molar-refractivity contribution in [1.82, 2.24) is 14.7 Å². The van der Waals surface area contributed by atoms with Crippen LogP contribution >= 0.6 is 0 Å². The van der Waals surface area contributed by atoms with E-state index in [9.17, 15) is 4.79 Å². The zero-order chi connectivity index (χ0) is 16.5. The third kappa shape index (κ3) is 2.91. The molecule has 0 N–H and O–H groups in total. The second kappa shape index (κ2) is 5.95. The molecule has 0 aliphatic heterocycles. The molecule has 1 heterocycles. The summed E-state index contributed by atoms with van der Waals surface area (Å²) in [6.45, 7) is 8.10. The summed E-state index contributed by atoms with van der Waals surface area (Å²) in [5.74, 6) is 0.374. The van der Waals surface area contributed by atoms with Crippen LogP contribution in [0.4, 0.5) is 0 Å². The summed E-state index contributed by atoms with van der Waals surface area (Å²) < 4.78 is 1.80. The first-order chi connectivity index (χ1) is 10.2. The number of aromatic nitrogens is 2. The average molecular weight is 299 g/mol. The van der Waals surface area contributed by atoms with E-state index in [1.165, 1.54) is 0 Å². The van der Waals surface area contributed by atoms with E-state index in [4.69, 9.17) is 5.10 Å². The summed E-state index contributed by atoms with van der Waals surface area (Å²) in [6.07, 6.45) is 2.01. The zero-order valence-electron chi connectivity index (χ0n) is 14.3. The minimum absolute atomic E-state index is 0.0323. The average Bonchev–Trinajstić information content (AvgIpc) is 2.93. The van der Waals surface area contributed by atoms with E-state index in [1.807, 2.05) is 38.2 Å². The highest BCUT2D eigenvalue weighted by Gasteiger charge is 2.33. The van der Waals surface area contributed by atoms with Gasteiger partial charge in [-0.25, -0.2) is 0 Å². The number of hydrogen-bond donors (Lipinski definition) is 0. The van der Waals surface area contributed by atoms with E-state index >= 15 is 0 Å². The molecule has 2 rings (SSSR count). The molecule has 0 spiro atoms. The maximum absolute atomic E-state index is 12.5. The number of benzene rings is 1. The van der Waals surface area contributed by atoms with E-state index in [0.29, 0.717) is 5.92 Å². The van der Waals surface area contributed by atoms with Crippen molar-refractivity contribution in [2.24, 2.45) is 0 Å². The molecular formula is C18H25N3O. The van der Waals surface area contributed by atoms with Crippen molar-refractivity contribution in [1.29, 1.82) is 0 Å². The summed E-state index contributed by atoms with van der Waals surface area (Å²) in [6, 6.07) is 10.1. The Balaban J connectivity index is 2.55. The molecule has 1 aromatic carbocycles. The molecule has 118 valence electrons. The van der Waals surface area contributed by atoms with Crippen LogP contribution in [0.1, 0.15) is 39.2 Å². The minimum Gasteiger partial charge on any atom is -0.347 e. The second-order valence-corrected chi connectivity index (χ2v) is 6.66. The molecule has 0 saturated heterocycles. The Kier molecular flexibility index (Phi) is 4.40. The fraction of sp³-hybridized carbons (Fsp3) is 0.444. The molecule has 0 radical (unpaired) electrons. The predicted octanol–water partition coefficient (Wildman–Crippen LogP) is 3.50. The van der Waals surface area contributed by atoms with Crippen LogP contribution in [-0.4, -0.2) is 34.7 Å². The van der Waals surface area contributed by atoms with Crippen LogP contribution in [-0.2, 0) is 10.3 Å². The van der Waals surface area contributed by atoms with Gasteiger partial charge < -0.3 is 4.90 Å². The maximum atomic E-state index is 12.5. The Morgan fingerprint density at radius 1 is 1.18 bits per heavy atom. The number of amides is 1. The van der Waals surface area contributed by atoms with Gasteiger partial charge in [0.2, 0.25) is 5.91 Å². The number of carbonyl (C=O) groups is 1. The molecule has 0 aliphatic rings. The van der Waals surface area contributed by atoms with Gasteiger partial charge >= 0.3 is 0 Å². The Labute approximate surface area is 132 Å². The Bertz CT molecular complexity index is 654. The number of rotatable bonds is 4. The molecular weight excluding hydrogens is 274 g/mol. The molecule has 0 fully saturated rings. The molecule has 22 heavy (non-hydrogen) atoms.